The van der Waals surface area contributed by atoms with E-state index < -0.39 is 21.8 Å². The van der Waals surface area contributed by atoms with Crippen LogP contribution >= 0.6 is 0 Å². The van der Waals surface area contributed by atoms with Gasteiger partial charge in [0.2, 0.25) is 10.0 Å². The largest absolute Gasteiger partial charge is 0.497 e. The van der Waals surface area contributed by atoms with Gasteiger partial charge in [0.05, 0.1) is 29.9 Å². The van der Waals surface area contributed by atoms with E-state index in [0.29, 0.717) is 54.0 Å². The number of imidazole rings is 1. The number of alkyl halides is 3. The van der Waals surface area contributed by atoms with Crippen LogP contribution in [0, 0.1) is 0 Å². The molecule has 2 heterocycles. The van der Waals surface area contributed by atoms with Gasteiger partial charge in [0.1, 0.15) is 18.2 Å². The van der Waals surface area contributed by atoms with Gasteiger partial charge >= 0.3 is 6.18 Å². The van der Waals surface area contributed by atoms with Gasteiger partial charge in [-0.15, -0.1) is 0 Å². The normalized spacial score (nSPS) is 13.8. The quantitative estimate of drug-likeness (QED) is 0.293. The van der Waals surface area contributed by atoms with Crippen LogP contribution in [0.15, 0.2) is 77.8 Å². The molecule has 0 spiro atoms. The van der Waals surface area contributed by atoms with Crippen LogP contribution in [-0.4, -0.2) is 43.0 Å². The molecule has 40 heavy (non-hydrogen) atoms. The molecular weight excluding hydrogens is 545 g/mol. The summed E-state index contributed by atoms with van der Waals surface area (Å²) in [6, 6.07) is 16.3. The summed E-state index contributed by atoms with van der Waals surface area (Å²) in [7, 11) is -0.848. The van der Waals surface area contributed by atoms with Crippen molar-refractivity contribution in [1.82, 2.24) is 13.9 Å². The van der Waals surface area contributed by atoms with Crippen LogP contribution in [-0.2, 0) is 40.6 Å². The summed E-state index contributed by atoms with van der Waals surface area (Å²) in [5.41, 5.74) is 1.93. The Balaban J connectivity index is 1.49. The number of aromatic nitrogens is 2. The van der Waals surface area contributed by atoms with E-state index in [1.807, 2.05) is 10.8 Å². The molecule has 0 bridgehead atoms. The molecule has 1 aromatic heterocycles. The van der Waals surface area contributed by atoms with Crippen molar-refractivity contribution in [3.63, 3.8) is 0 Å². The number of rotatable bonds is 8. The van der Waals surface area contributed by atoms with Gasteiger partial charge in [-0.3, -0.25) is 0 Å². The van der Waals surface area contributed by atoms with Crippen LogP contribution < -0.4 is 10.1 Å². The van der Waals surface area contributed by atoms with Crippen LogP contribution in [0.2, 0.25) is 0 Å². The van der Waals surface area contributed by atoms with E-state index in [4.69, 9.17) is 9.47 Å². The number of hydrogen-bond acceptors (Lipinski definition) is 6. The number of fused-ring (bicyclic) bond motifs is 1. The average molecular weight is 573 g/mol. The van der Waals surface area contributed by atoms with Crippen molar-refractivity contribution in [2.45, 2.75) is 30.8 Å². The Hall–Kier alpha value is -3.87. The summed E-state index contributed by atoms with van der Waals surface area (Å²) < 4.78 is 80.1. The highest BCUT2D eigenvalue weighted by Gasteiger charge is 2.30. The van der Waals surface area contributed by atoms with Gasteiger partial charge in [-0.25, -0.2) is 13.4 Å². The molecule has 4 aromatic rings. The van der Waals surface area contributed by atoms with Crippen molar-refractivity contribution in [3.8, 4) is 17.0 Å². The summed E-state index contributed by atoms with van der Waals surface area (Å²) >= 11 is 0. The minimum absolute atomic E-state index is 0.0544. The first kappa shape index (κ1) is 27.7. The summed E-state index contributed by atoms with van der Waals surface area (Å²) in [5.74, 6) is 1.37. The van der Waals surface area contributed by atoms with Crippen molar-refractivity contribution in [1.29, 1.82) is 0 Å². The Bertz CT molecular complexity index is 1580. The van der Waals surface area contributed by atoms with Crippen LogP contribution in [0.3, 0.4) is 0 Å². The van der Waals surface area contributed by atoms with E-state index in [-0.39, 0.29) is 11.4 Å². The van der Waals surface area contributed by atoms with Gasteiger partial charge in [0.15, 0.2) is 0 Å². The standard InChI is InChI=1S/C28H27F3N4O4S/c1-34(16-19-3-9-22(38-2)10-4-19)40(36,37)23-11-12-25(32-21-7-5-20(6-8-21)28(29,30)31)24(15-23)26-17-35-13-14-39-18-27(35)33-26/h3-12,15,17,32H,13-14,16,18H2,1-2H3. The molecule has 0 unspecified atom stereocenters. The highest BCUT2D eigenvalue weighted by Crippen LogP contribution is 2.35. The average Bonchev–Trinajstić information content (AvgIpc) is 3.37. The zero-order valence-corrected chi connectivity index (χ0v) is 22.6. The maximum Gasteiger partial charge on any atom is 0.416 e. The second-order valence-corrected chi connectivity index (χ2v) is 11.3. The van der Waals surface area contributed by atoms with Gasteiger partial charge in [-0.05, 0) is 60.2 Å². The molecule has 0 aliphatic carbocycles. The van der Waals surface area contributed by atoms with E-state index in [9.17, 15) is 21.6 Å². The minimum Gasteiger partial charge on any atom is -0.497 e. The molecule has 0 fully saturated rings. The van der Waals surface area contributed by atoms with Crippen molar-refractivity contribution >= 4 is 21.4 Å². The molecule has 3 aromatic carbocycles. The van der Waals surface area contributed by atoms with Gasteiger partial charge in [-0.1, -0.05) is 12.1 Å². The van der Waals surface area contributed by atoms with Crippen LogP contribution in [0.25, 0.3) is 11.3 Å². The van der Waals surface area contributed by atoms with Gasteiger partial charge in [0.25, 0.3) is 0 Å². The molecule has 0 saturated heterocycles. The van der Waals surface area contributed by atoms with Gasteiger partial charge in [-0.2, -0.15) is 17.5 Å². The van der Waals surface area contributed by atoms with E-state index in [1.165, 1.54) is 35.6 Å². The maximum atomic E-state index is 13.6. The van der Waals surface area contributed by atoms with Crippen molar-refractivity contribution in [2.75, 3.05) is 26.1 Å². The molecule has 5 rings (SSSR count). The number of hydrogen-bond donors (Lipinski definition) is 1. The molecule has 1 aliphatic rings. The monoisotopic (exact) mass is 572 g/mol. The Labute approximate surface area is 230 Å². The zero-order valence-electron chi connectivity index (χ0n) is 21.8. The highest BCUT2D eigenvalue weighted by molar-refractivity contribution is 7.89. The van der Waals surface area contributed by atoms with Crippen LogP contribution in [0.5, 0.6) is 5.75 Å². The molecule has 12 heteroatoms. The Kier molecular flexibility index (Phi) is 7.58. The highest BCUT2D eigenvalue weighted by atomic mass is 32.2. The summed E-state index contributed by atoms with van der Waals surface area (Å²) in [6.45, 7) is 1.60. The Morgan fingerprint density at radius 2 is 1.80 bits per heavy atom. The second-order valence-electron chi connectivity index (χ2n) is 9.31. The first-order chi connectivity index (χ1) is 19.0. The number of nitrogens with one attached hydrogen (secondary N) is 1. The minimum atomic E-state index is -4.45. The number of ether oxygens (including phenoxy) is 2. The number of methoxy groups -OCH3 is 1. The van der Waals surface area contributed by atoms with E-state index in [0.717, 1.165) is 17.7 Å². The zero-order chi connectivity index (χ0) is 28.5. The van der Waals surface area contributed by atoms with Crippen molar-refractivity contribution in [3.05, 3.63) is 89.9 Å². The lowest BCUT2D eigenvalue weighted by atomic mass is 10.1. The van der Waals surface area contributed by atoms with E-state index >= 15 is 0 Å². The fraction of sp³-hybridized carbons (Fsp3) is 0.250. The smallest absolute Gasteiger partial charge is 0.416 e. The topological polar surface area (TPSA) is 85.7 Å². The number of halogens is 3. The summed E-state index contributed by atoms with van der Waals surface area (Å²) in [4.78, 5) is 4.71. The first-order valence-electron chi connectivity index (χ1n) is 12.4. The number of sulfonamides is 1. The SMILES string of the molecule is COc1ccc(CN(C)S(=O)(=O)c2ccc(Nc3ccc(C(F)(F)F)cc3)c(-c3cn4c(n3)COCC4)c2)cc1. The third-order valence-corrected chi connectivity index (χ3v) is 8.40. The van der Waals surface area contributed by atoms with Gasteiger partial charge < -0.3 is 19.4 Å². The number of nitrogens with zero attached hydrogens (tertiary/aromatic N) is 3. The predicted octanol–water partition coefficient (Wildman–Crippen LogP) is 5.67. The lowest BCUT2D eigenvalue weighted by Crippen LogP contribution is -2.26. The first-order valence-corrected chi connectivity index (χ1v) is 13.8. The van der Waals surface area contributed by atoms with Crippen molar-refractivity contribution < 1.29 is 31.1 Å². The second kappa shape index (κ2) is 11.0. The van der Waals surface area contributed by atoms with Crippen molar-refractivity contribution in [2.24, 2.45) is 0 Å². The summed E-state index contributed by atoms with van der Waals surface area (Å²) in [6.07, 6.45) is -2.63. The third-order valence-electron chi connectivity index (χ3n) is 6.60. The number of anilines is 2. The third kappa shape index (κ3) is 5.83. The molecule has 0 amide bonds. The fourth-order valence-corrected chi connectivity index (χ4v) is 5.56. The Morgan fingerprint density at radius 1 is 1.07 bits per heavy atom. The molecule has 0 saturated carbocycles. The number of benzene rings is 3. The van der Waals surface area contributed by atoms with Gasteiger partial charge in [0, 0.05) is 43.3 Å². The predicted molar refractivity (Wildman–Crippen MR) is 144 cm³/mol. The van der Waals surface area contributed by atoms with Crippen LogP contribution in [0.4, 0.5) is 24.5 Å². The molecule has 0 atom stereocenters. The van der Waals surface area contributed by atoms with Crippen LogP contribution in [0.1, 0.15) is 17.0 Å². The Morgan fingerprint density at radius 3 is 2.45 bits per heavy atom. The molecule has 0 radical (unpaired) electrons. The molecule has 1 aliphatic heterocycles. The molecular formula is C28H27F3N4O4S. The maximum absolute atomic E-state index is 13.6. The molecule has 8 nitrogen and oxygen atoms in total. The lowest BCUT2D eigenvalue weighted by molar-refractivity contribution is -0.137. The summed E-state index contributed by atoms with van der Waals surface area (Å²) in [5, 5.41) is 3.12. The lowest BCUT2D eigenvalue weighted by Gasteiger charge is -2.19. The molecule has 210 valence electrons. The van der Waals surface area contributed by atoms with E-state index in [1.54, 1.807) is 37.4 Å². The fourth-order valence-electron chi connectivity index (χ4n) is 4.37. The van der Waals surface area contributed by atoms with E-state index in [2.05, 4.69) is 10.3 Å². The molecule has 1 N–H and O–H groups in total.